The molecule has 2 aromatic carbocycles. The second-order valence-corrected chi connectivity index (χ2v) is 9.34. The quantitative estimate of drug-likeness (QED) is 0.629. The minimum Gasteiger partial charge on any atom is -0.351 e. The molecule has 0 saturated carbocycles. The lowest BCUT2D eigenvalue weighted by Gasteiger charge is -2.08. The van der Waals surface area contributed by atoms with Gasteiger partial charge in [-0.1, -0.05) is 34.1 Å². The fraction of sp³-hybridized carbons (Fsp3) is 0.118. The summed E-state index contributed by atoms with van der Waals surface area (Å²) in [4.78, 5) is 11.7. The molecule has 0 bridgehead atoms. The van der Waals surface area contributed by atoms with Crippen molar-refractivity contribution >= 4 is 59.7 Å². The Morgan fingerprint density at radius 1 is 1.16 bits per heavy atom. The van der Waals surface area contributed by atoms with E-state index in [9.17, 15) is 13.2 Å². The van der Waals surface area contributed by atoms with Crippen LogP contribution in [0.15, 0.2) is 57.2 Å². The highest BCUT2D eigenvalue weighted by Gasteiger charge is 2.17. The molecule has 0 fully saturated rings. The molecule has 0 atom stereocenters. The highest BCUT2D eigenvalue weighted by Crippen LogP contribution is 2.28. The van der Waals surface area contributed by atoms with Crippen LogP contribution in [-0.4, -0.2) is 14.3 Å². The molecular formula is C17H15BrN2O3S2. The highest BCUT2D eigenvalue weighted by atomic mass is 79.9. The molecule has 5 nitrogen and oxygen atoms in total. The van der Waals surface area contributed by atoms with Crippen molar-refractivity contribution in [1.82, 2.24) is 5.32 Å². The Morgan fingerprint density at radius 2 is 1.96 bits per heavy atom. The average molecular weight is 439 g/mol. The second-order valence-electron chi connectivity index (χ2n) is 5.41. The molecule has 0 unspecified atom stereocenters. The lowest BCUT2D eigenvalue weighted by Crippen LogP contribution is -2.18. The van der Waals surface area contributed by atoms with Crippen LogP contribution in [-0.2, 0) is 21.4 Å². The summed E-state index contributed by atoms with van der Waals surface area (Å²) in [7, 11) is -3.67. The number of sulfonamides is 1. The summed E-state index contributed by atoms with van der Waals surface area (Å²) in [5, 5.41) is 4.60. The first-order valence-electron chi connectivity index (χ1n) is 7.39. The summed E-state index contributed by atoms with van der Waals surface area (Å²) in [5.74, 6) is -0.154. The Labute approximate surface area is 158 Å². The van der Waals surface area contributed by atoms with E-state index in [2.05, 4.69) is 26.0 Å². The van der Waals surface area contributed by atoms with Crippen molar-refractivity contribution in [2.45, 2.75) is 17.7 Å². The minimum atomic E-state index is -3.67. The summed E-state index contributed by atoms with van der Waals surface area (Å²) in [6.45, 7) is 1.74. The molecule has 130 valence electrons. The van der Waals surface area contributed by atoms with Gasteiger partial charge in [-0.3, -0.25) is 9.52 Å². The molecule has 2 N–H and O–H groups in total. The third-order valence-electron chi connectivity index (χ3n) is 3.49. The lowest BCUT2D eigenvalue weighted by molar-refractivity contribution is -0.119. The predicted molar refractivity (Wildman–Crippen MR) is 104 cm³/mol. The number of fused-ring (bicyclic) bond motifs is 1. The van der Waals surface area contributed by atoms with E-state index in [1.807, 2.05) is 24.3 Å². The fourth-order valence-corrected chi connectivity index (χ4v) is 5.18. The molecule has 0 aliphatic rings. The number of hydrogen-bond donors (Lipinski definition) is 2. The van der Waals surface area contributed by atoms with Crippen molar-refractivity contribution < 1.29 is 13.2 Å². The zero-order valence-corrected chi connectivity index (χ0v) is 16.5. The van der Waals surface area contributed by atoms with Crippen LogP contribution in [0.3, 0.4) is 0 Å². The third kappa shape index (κ3) is 4.20. The molecule has 8 heteroatoms. The topological polar surface area (TPSA) is 75.3 Å². The summed E-state index contributed by atoms with van der Waals surface area (Å²) in [6, 6.07) is 14.4. The van der Waals surface area contributed by atoms with Gasteiger partial charge >= 0.3 is 0 Å². The first-order chi connectivity index (χ1) is 11.8. The number of carbonyl (C=O) groups excluding carboxylic acids is 1. The monoisotopic (exact) mass is 438 g/mol. The molecular weight excluding hydrogens is 424 g/mol. The zero-order chi connectivity index (χ0) is 18.0. The Kier molecular flexibility index (Phi) is 5.12. The molecule has 1 aromatic heterocycles. The molecule has 0 spiro atoms. The number of rotatable bonds is 5. The van der Waals surface area contributed by atoms with Crippen molar-refractivity contribution in [3.8, 4) is 0 Å². The summed E-state index contributed by atoms with van der Waals surface area (Å²) in [5.41, 5.74) is 0.502. The average Bonchev–Trinajstić information content (AvgIpc) is 3.02. The normalized spacial score (nSPS) is 11.4. The fourth-order valence-electron chi connectivity index (χ4n) is 2.32. The van der Waals surface area contributed by atoms with Gasteiger partial charge in [-0.05, 0) is 41.1 Å². The van der Waals surface area contributed by atoms with Gasteiger partial charge in [0.05, 0.1) is 6.54 Å². The number of carbonyl (C=O) groups is 1. The van der Waals surface area contributed by atoms with Crippen LogP contribution in [0.25, 0.3) is 10.8 Å². The van der Waals surface area contributed by atoms with Gasteiger partial charge in [-0.25, -0.2) is 8.42 Å². The van der Waals surface area contributed by atoms with Crippen LogP contribution in [0.1, 0.15) is 11.8 Å². The number of amides is 1. The highest BCUT2D eigenvalue weighted by molar-refractivity contribution is 9.10. The van der Waals surface area contributed by atoms with E-state index in [4.69, 9.17) is 0 Å². The Hall–Kier alpha value is -1.90. The number of benzene rings is 2. The number of anilines is 1. The summed E-state index contributed by atoms with van der Waals surface area (Å²) in [6.07, 6.45) is 0. The summed E-state index contributed by atoms with van der Waals surface area (Å²) >= 11 is 4.61. The second kappa shape index (κ2) is 7.15. The SMILES string of the molecule is CC(=O)NCc1ccc(S(=O)(=O)Nc2ccc3c(Br)cccc3c2)s1. The van der Waals surface area contributed by atoms with Crippen LogP contribution in [0.4, 0.5) is 5.69 Å². The first kappa shape index (κ1) is 17.9. The number of hydrogen-bond acceptors (Lipinski definition) is 4. The van der Waals surface area contributed by atoms with Crippen molar-refractivity contribution in [3.63, 3.8) is 0 Å². The van der Waals surface area contributed by atoms with Gasteiger partial charge in [0.2, 0.25) is 5.91 Å². The van der Waals surface area contributed by atoms with Gasteiger partial charge in [0.15, 0.2) is 0 Å². The Bertz CT molecular complexity index is 1040. The van der Waals surface area contributed by atoms with Gasteiger partial charge in [-0.2, -0.15) is 0 Å². The molecule has 3 rings (SSSR count). The van der Waals surface area contributed by atoms with Crippen molar-refractivity contribution in [2.75, 3.05) is 4.72 Å². The summed E-state index contributed by atoms with van der Waals surface area (Å²) < 4.78 is 28.9. The van der Waals surface area contributed by atoms with Crippen LogP contribution >= 0.6 is 27.3 Å². The Balaban J connectivity index is 1.83. The van der Waals surface area contributed by atoms with Crippen LogP contribution in [0.5, 0.6) is 0 Å². The standard InChI is InChI=1S/C17H15BrN2O3S2/c1-11(21)19-10-14-6-8-17(24-14)25(22,23)20-13-5-7-15-12(9-13)3-2-4-16(15)18/h2-9,20H,10H2,1H3,(H,19,21). The van der Waals surface area contributed by atoms with E-state index in [0.717, 1.165) is 31.5 Å². The zero-order valence-electron chi connectivity index (χ0n) is 13.2. The van der Waals surface area contributed by atoms with Gasteiger partial charge in [0.25, 0.3) is 10.0 Å². The maximum absolute atomic E-state index is 12.6. The molecule has 1 heterocycles. The van der Waals surface area contributed by atoms with E-state index >= 15 is 0 Å². The molecule has 3 aromatic rings. The van der Waals surface area contributed by atoms with E-state index in [0.29, 0.717) is 12.2 Å². The molecule has 0 saturated heterocycles. The van der Waals surface area contributed by atoms with Crippen molar-refractivity contribution in [3.05, 3.63) is 57.9 Å². The Morgan fingerprint density at radius 3 is 2.72 bits per heavy atom. The number of halogens is 1. The maximum Gasteiger partial charge on any atom is 0.271 e. The molecule has 0 aliphatic heterocycles. The van der Waals surface area contributed by atoms with Crippen LogP contribution in [0.2, 0.25) is 0 Å². The molecule has 1 amide bonds. The largest absolute Gasteiger partial charge is 0.351 e. The van der Waals surface area contributed by atoms with Gasteiger partial charge < -0.3 is 5.32 Å². The van der Waals surface area contributed by atoms with Crippen molar-refractivity contribution in [1.29, 1.82) is 0 Å². The van der Waals surface area contributed by atoms with E-state index < -0.39 is 10.0 Å². The smallest absolute Gasteiger partial charge is 0.271 e. The van der Waals surface area contributed by atoms with Gasteiger partial charge in [0, 0.05) is 22.0 Å². The lowest BCUT2D eigenvalue weighted by atomic mass is 10.1. The first-order valence-corrected chi connectivity index (χ1v) is 10.5. The maximum atomic E-state index is 12.6. The third-order valence-corrected chi connectivity index (χ3v) is 7.14. The molecule has 0 aliphatic carbocycles. The van der Waals surface area contributed by atoms with Crippen LogP contribution < -0.4 is 10.0 Å². The number of nitrogens with one attached hydrogen (secondary N) is 2. The minimum absolute atomic E-state index is 0.154. The predicted octanol–water partition coefficient (Wildman–Crippen LogP) is 4.10. The number of thiophene rings is 1. The van der Waals surface area contributed by atoms with E-state index in [1.54, 1.807) is 24.3 Å². The van der Waals surface area contributed by atoms with E-state index in [1.165, 1.54) is 6.92 Å². The van der Waals surface area contributed by atoms with Crippen molar-refractivity contribution in [2.24, 2.45) is 0 Å². The van der Waals surface area contributed by atoms with Gasteiger partial charge in [-0.15, -0.1) is 11.3 Å². The molecule has 25 heavy (non-hydrogen) atoms. The van der Waals surface area contributed by atoms with E-state index in [-0.39, 0.29) is 10.1 Å². The molecule has 0 radical (unpaired) electrons. The van der Waals surface area contributed by atoms with Gasteiger partial charge in [0.1, 0.15) is 4.21 Å². The van der Waals surface area contributed by atoms with Crippen LogP contribution in [0, 0.1) is 0 Å².